The van der Waals surface area contributed by atoms with E-state index in [9.17, 15) is 9.59 Å². The van der Waals surface area contributed by atoms with E-state index < -0.39 is 11.9 Å². The van der Waals surface area contributed by atoms with Crippen LogP contribution in [0.15, 0.2) is 53.1 Å². The summed E-state index contributed by atoms with van der Waals surface area (Å²) in [6, 6.07) is 12.7. The Hall–Kier alpha value is -3.55. The topological polar surface area (TPSA) is 101 Å². The van der Waals surface area contributed by atoms with Gasteiger partial charge in [0.1, 0.15) is 11.9 Å². The third-order valence-corrected chi connectivity index (χ3v) is 5.04. The van der Waals surface area contributed by atoms with Crippen molar-refractivity contribution in [3.05, 3.63) is 71.6 Å². The molecule has 2 amide bonds. The van der Waals surface area contributed by atoms with Crippen molar-refractivity contribution in [1.82, 2.24) is 20.5 Å². The lowest BCUT2D eigenvalue weighted by Gasteiger charge is -2.23. The first kappa shape index (κ1) is 18.8. The van der Waals surface area contributed by atoms with Crippen molar-refractivity contribution in [2.24, 2.45) is 5.92 Å². The highest BCUT2D eigenvalue weighted by Crippen LogP contribution is 2.26. The Balaban J connectivity index is 1.49. The third kappa shape index (κ3) is 3.87. The first-order valence-corrected chi connectivity index (χ1v) is 9.41. The predicted octanol–water partition coefficient (Wildman–Crippen LogP) is 2.01. The molecule has 29 heavy (non-hydrogen) atoms. The molecule has 1 aliphatic rings. The molecule has 8 nitrogen and oxygen atoms in total. The molecule has 3 heterocycles. The summed E-state index contributed by atoms with van der Waals surface area (Å²) in [4.78, 5) is 31.4. The summed E-state index contributed by atoms with van der Waals surface area (Å²) in [5, 5.41) is 10.6. The molecule has 8 heteroatoms. The Morgan fingerprint density at radius 3 is 2.79 bits per heavy atom. The maximum Gasteiger partial charge on any atom is 0.309 e. The lowest BCUT2D eigenvalue weighted by molar-refractivity contribution is -0.121. The number of nitrogens with zero attached hydrogens (tertiary/aromatic N) is 4. The van der Waals surface area contributed by atoms with E-state index in [0.717, 1.165) is 11.1 Å². The van der Waals surface area contributed by atoms with Gasteiger partial charge >= 0.3 is 11.8 Å². The van der Waals surface area contributed by atoms with Gasteiger partial charge in [-0.25, -0.2) is 4.98 Å². The molecule has 0 radical (unpaired) electrons. The van der Waals surface area contributed by atoms with Gasteiger partial charge in [-0.15, -0.1) is 10.2 Å². The van der Waals surface area contributed by atoms with Crippen LogP contribution in [0.4, 0.5) is 5.82 Å². The van der Waals surface area contributed by atoms with Crippen LogP contribution in [0.2, 0.25) is 0 Å². The van der Waals surface area contributed by atoms with Crippen LogP contribution in [0.3, 0.4) is 0 Å². The number of benzene rings is 1. The molecule has 0 bridgehead atoms. The minimum Gasteiger partial charge on any atom is -0.417 e. The molecule has 2 aromatic heterocycles. The Bertz CT molecular complexity index is 1030. The fraction of sp³-hybridized carbons (Fsp3) is 0.286. The first-order chi connectivity index (χ1) is 14.0. The van der Waals surface area contributed by atoms with Crippen molar-refractivity contribution in [3.63, 3.8) is 0 Å². The van der Waals surface area contributed by atoms with E-state index in [-0.39, 0.29) is 17.7 Å². The van der Waals surface area contributed by atoms with Crippen LogP contribution in [0.5, 0.6) is 0 Å². The van der Waals surface area contributed by atoms with Crippen molar-refractivity contribution in [2.45, 2.75) is 25.8 Å². The number of pyridine rings is 1. The number of carbonyl (C=O) groups excluding carboxylic acids is 2. The second kappa shape index (κ2) is 7.83. The summed E-state index contributed by atoms with van der Waals surface area (Å²) < 4.78 is 5.51. The minimum absolute atomic E-state index is 0.119. The molecule has 148 valence electrons. The van der Waals surface area contributed by atoms with Crippen LogP contribution >= 0.6 is 0 Å². The summed E-state index contributed by atoms with van der Waals surface area (Å²) in [5.41, 5.74) is 1.97. The highest BCUT2D eigenvalue weighted by Gasteiger charge is 2.35. The highest BCUT2D eigenvalue weighted by molar-refractivity contribution is 6.01. The number of hydrogen-bond donors (Lipinski definition) is 1. The summed E-state index contributed by atoms with van der Waals surface area (Å²) in [7, 11) is 1.66. The average molecular weight is 391 g/mol. The molecule has 0 spiro atoms. The first-order valence-electron chi connectivity index (χ1n) is 9.41. The highest BCUT2D eigenvalue weighted by atomic mass is 16.4. The molecule has 3 aromatic rings. The van der Waals surface area contributed by atoms with E-state index in [0.29, 0.717) is 24.6 Å². The lowest BCUT2D eigenvalue weighted by atomic mass is 9.95. The van der Waals surface area contributed by atoms with Gasteiger partial charge in [0.15, 0.2) is 0 Å². The SMILES string of the molecule is C[C@@H]1Cc2cccnc2N(C)C(=O)[C@@H]1NC(=O)c1nnc(Cc2ccccc2)o1. The zero-order valence-electron chi connectivity index (χ0n) is 16.2. The Kier molecular flexibility index (Phi) is 5.07. The van der Waals surface area contributed by atoms with Gasteiger partial charge in [-0.3, -0.25) is 14.5 Å². The summed E-state index contributed by atoms with van der Waals surface area (Å²) in [5.74, 6) is -0.106. The summed E-state index contributed by atoms with van der Waals surface area (Å²) in [6.45, 7) is 1.92. The Morgan fingerprint density at radius 2 is 2.00 bits per heavy atom. The van der Waals surface area contributed by atoms with Crippen LogP contribution in [0, 0.1) is 5.92 Å². The summed E-state index contributed by atoms with van der Waals surface area (Å²) in [6.07, 6.45) is 2.70. The molecule has 0 saturated heterocycles. The van der Waals surface area contributed by atoms with Gasteiger partial charge in [-0.2, -0.15) is 0 Å². The van der Waals surface area contributed by atoms with Crippen molar-refractivity contribution in [3.8, 4) is 0 Å². The molecule has 0 fully saturated rings. The van der Waals surface area contributed by atoms with Crippen LogP contribution in [-0.2, 0) is 17.6 Å². The number of nitrogens with one attached hydrogen (secondary N) is 1. The number of likely N-dealkylation sites (N-methyl/N-ethyl adjacent to an activating group) is 1. The van der Waals surface area contributed by atoms with Crippen LogP contribution in [0.25, 0.3) is 0 Å². The molecule has 4 rings (SSSR count). The normalized spacial score (nSPS) is 18.8. The number of aromatic nitrogens is 3. The molecule has 0 aliphatic carbocycles. The smallest absolute Gasteiger partial charge is 0.309 e. The average Bonchev–Trinajstić information content (AvgIpc) is 3.17. The van der Waals surface area contributed by atoms with E-state index in [2.05, 4.69) is 20.5 Å². The zero-order chi connectivity index (χ0) is 20.4. The number of rotatable bonds is 4. The van der Waals surface area contributed by atoms with Gasteiger partial charge in [-0.05, 0) is 29.5 Å². The fourth-order valence-electron chi connectivity index (χ4n) is 3.51. The van der Waals surface area contributed by atoms with Crippen molar-refractivity contribution in [2.75, 3.05) is 11.9 Å². The van der Waals surface area contributed by atoms with Crippen LogP contribution < -0.4 is 10.2 Å². The standard InChI is InChI=1S/C21H21N5O3/c1-13-11-15-9-6-10-22-18(15)26(2)21(28)17(13)23-19(27)20-25-24-16(29-20)12-14-7-4-3-5-8-14/h3-10,13,17H,11-12H2,1-2H3,(H,23,27)/t13-,17-/m1/s1. The van der Waals surface area contributed by atoms with E-state index in [1.54, 1.807) is 13.2 Å². The van der Waals surface area contributed by atoms with Crippen molar-refractivity contribution < 1.29 is 14.0 Å². The molecule has 0 unspecified atom stereocenters. The predicted molar refractivity (Wildman–Crippen MR) is 105 cm³/mol. The van der Waals surface area contributed by atoms with E-state index in [1.165, 1.54) is 4.90 Å². The van der Waals surface area contributed by atoms with Gasteiger partial charge in [0.2, 0.25) is 5.89 Å². The van der Waals surface area contributed by atoms with E-state index >= 15 is 0 Å². The molecular weight excluding hydrogens is 370 g/mol. The summed E-state index contributed by atoms with van der Waals surface area (Å²) >= 11 is 0. The van der Waals surface area contributed by atoms with Gasteiger partial charge in [0.05, 0.1) is 6.42 Å². The second-order valence-electron chi connectivity index (χ2n) is 7.18. The number of fused-ring (bicyclic) bond motifs is 1. The monoisotopic (exact) mass is 391 g/mol. The molecule has 1 aromatic carbocycles. The van der Waals surface area contributed by atoms with Gasteiger partial charge in [0.25, 0.3) is 5.91 Å². The van der Waals surface area contributed by atoms with E-state index in [4.69, 9.17) is 4.42 Å². The quantitative estimate of drug-likeness (QED) is 0.730. The minimum atomic E-state index is -0.717. The van der Waals surface area contributed by atoms with Crippen molar-refractivity contribution >= 4 is 17.6 Å². The van der Waals surface area contributed by atoms with Gasteiger partial charge in [0, 0.05) is 13.2 Å². The number of carbonyl (C=O) groups is 2. The Morgan fingerprint density at radius 1 is 1.21 bits per heavy atom. The van der Waals surface area contributed by atoms with Crippen LogP contribution in [-0.4, -0.2) is 40.1 Å². The van der Waals surface area contributed by atoms with E-state index in [1.807, 2.05) is 49.4 Å². The van der Waals surface area contributed by atoms with Crippen molar-refractivity contribution in [1.29, 1.82) is 0 Å². The largest absolute Gasteiger partial charge is 0.417 e. The molecule has 2 atom stereocenters. The van der Waals surface area contributed by atoms with Crippen LogP contribution in [0.1, 0.15) is 34.6 Å². The number of hydrogen-bond acceptors (Lipinski definition) is 6. The number of amides is 2. The molecule has 1 N–H and O–H groups in total. The molecule has 1 aliphatic heterocycles. The third-order valence-electron chi connectivity index (χ3n) is 5.04. The van der Waals surface area contributed by atoms with Gasteiger partial charge < -0.3 is 9.73 Å². The molecule has 0 saturated carbocycles. The maximum absolute atomic E-state index is 12.9. The fourth-order valence-corrected chi connectivity index (χ4v) is 3.51. The molecular formula is C21H21N5O3. The van der Waals surface area contributed by atoms with Gasteiger partial charge in [-0.1, -0.05) is 43.3 Å². The lowest BCUT2D eigenvalue weighted by Crippen LogP contribution is -2.50. The zero-order valence-corrected chi connectivity index (χ0v) is 16.2. The second-order valence-corrected chi connectivity index (χ2v) is 7.18. The Labute approximate surface area is 168 Å². The number of anilines is 1. The maximum atomic E-state index is 12.9.